The lowest BCUT2D eigenvalue weighted by molar-refractivity contribution is -0.384. The SMILES string of the molecule is CCCc1nc2ccc([N+](=O)[O-])cc2c(=O)n1Cc1ccc(Br)cc1. The fraction of sp³-hybridized carbons (Fsp3) is 0.222. The first kappa shape index (κ1) is 17.3. The first-order valence-electron chi connectivity index (χ1n) is 7.92. The Balaban J connectivity index is 2.17. The highest BCUT2D eigenvalue weighted by molar-refractivity contribution is 9.10. The Hall–Kier alpha value is -2.54. The molecule has 0 radical (unpaired) electrons. The molecule has 0 atom stereocenters. The minimum atomic E-state index is -0.502. The smallest absolute Gasteiger partial charge is 0.270 e. The Morgan fingerprint density at radius 1 is 1.20 bits per heavy atom. The summed E-state index contributed by atoms with van der Waals surface area (Å²) in [7, 11) is 0. The number of non-ortho nitro benzene ring substituents is 1. The van der Waals surface area contributed by atoms with Crippen molar-refractivity contribution < 1.29 is 4.92 Å². The second kappa shape index (κ2) is 7.14. The Morgan fingerprint density at radius 3 is 2.56 bits per heavy atom. The van der Waals surface area contributed by atoms with Gasteiger partial charge in [0.25, 0.3) is 11.2 Å². The number of benzene rings is 2. The molecule has 0 unspecified atom stereocenters. The van der Waals surface area contributed by atoms with E-state index in [-0.39, 0.29) is 16.6 Å². The average Bonchev–Trinajstić information content (AvgIpc) is 2.60. The molecule has 3 rings (SSSR count). The van der Waals surface area contributed by atoms with Gasteiger partial charge in [0, 0.05) is 23.0 Å². The van der Waals surface area contributed by atoms with Crippen molar-refractivity contribution in [2.45, 2.75) is 26.3 Å². The van der Waals surface area contributed by atoms with E-state index in [1.807, 2.05) is 31.2 Å². The van der Waals surface area contributed by atoms with Crippen LogP contribution in [0.25, 0.3) is 10.9 Å². The molecule has 128 valence electrons. The highest BCUT2D eigenvalue weighted by Crippen LogP contribution is 2.18. The molecular weight excluding hydrogens is 386 g/mol. The van der Waals surface area contributed by atoms with Crippen LogP contribution in [0.2, 0.25) is 0 Å². The topological polar surface area (TPSA) is 78.0 Å². The van der Waals surface area contributed by atoms with Crippen molar-refractivity contribution in [3.63, 3.8) is 0 Å². The minimum Gasteiger partial charge on any atom is -0.292 e. The van der Waals surface area contributed by atoms with E-state index in [1.54, 1.807) is 4.57 Å². The highest BCUT2D eigenvalue weighted by Gasteiger charge is 2.14. The second-order valence-corrected chi connectivity index (χ2v) is 6.67. The summed E-state index contributed by atoms with van der Waals surface area (Å²) in [5, 5.41) is 11.3. The lowest BCUT2D eigenvalue weighted by Gasteiger charge is -2.13. The van der Waals surface area contributed by atoms with Gasteiger partial charge in [0.1, 0.15) is 5.82 Å². The van der Waals surface area contributed by atoms with Crippen molar-refractivity contribution in [3.05, 3.63) is 78.8 Å². The number of nitro groups is 1. The van der Waals surface area contributed by atoms with Gasteiger partial charge >= 0.3 is 0 Å². The molecule has 0 aliphatic carbocycles. The summed E-state index contributed by atoms with van der Waals surface area (Å²) >= 11 is 3.39. The van der Waals surface area contributed by atoms with E-state index < -0.39 is 4.92 Å². The van der Waals surface area contributed by atoms with Gasteiger partial charge in [-0.15, -0.1) is 0 Å². The quantitative estimate of drug-likeness (QED) is 0.476. The summed E-state index contributed by atoms with van der Waals surface area (Å²) in [5.74, 6) is 0.691. The summed E-state index contributed by atoms with van der Waals surface area (Å²) in [6, 6.07) is 11.9. The highest BCUT2D eigenvalue weighted by atomic mass is 79.9. The largest absolute Gasteiger partial charge is 0.292 e. The maximum Gasteiger partial charge on any atom is 0.270 e. The first-order chi connectivity index (χ1) is 12.0. The zero-order valence-corrected chi connectivity index (χ0v) is 15.2. The van der Waals surface area contributed by atoms with E-state index in [4.69, 9.17) is 0 Å². The molecule has 0 saturated heterocycles. The van der Waals surface area contributed by atoms with E-state index in [0.717, 1.165) is 16.5 Å². The zero-order valence-electron chi connectivity index (χ0n) is 13.6. The predicted octanol–water partition coefficient (Wildman–Crippen LogP) is 4.07. The van der Waals surface area contributed by atoms with Gasteiger partial charge in [-0.25, -0.2) is 4.98 Å². The summed E-state index contributed by atoms with van der Waals surface area (Å²) in [6.07, 6.45) is 1.52. The number of hydrogen-bond donors (Lipinski definition) is 0. The lowest BCUT2D eigenvalue weighted by atomic mass is 10.2. The molecule has 2 aromatic carbocycles. The van der Waals surface area contributed by atoms with Gasteiger partial charge in [0.05, 0.1) is 22.4 Å². The maximum atomic E-state index is 13.0. The van der Waals surface area contributed by atoms with Crippen LogP contribution in [0, 0.1) is 10.1 Å². The Labute approximate surface area is 152 Å². The molecule has 7 heteroatoms. The van der Waals surface area contributed by atoms with E-state index in [1.165, 1.54) is 18.2 Å². The summed E-state index contributed by atoms with van der Waals surface area (Å²) in [6.45, 7) is 2.41. The van der Waals surface area contributed by atoms with Crippen LogP contribution in [-0.2, 0) is 13.0 Å². The number of aryl methyl sites for hydroxylation is 1. The van der Waals surface area contributed by atoms with Crippen LogP contribution >= 0.6 is 15.9 Å². The third-order valence-corrected chi connectivity index (χ3v) is 4.48. The molecule has 0 bridgehead atoms. The van der Waals surface area contributed by atoms with Gasteiger partial charge in [-0.1, -0.05) is 35.0 Å². The second-order valence-electron chi connectivity index (χ2n) is 5.75. The molecule has 25 heavy (non-hydrogen) atoms. The van der Waals surface area contributed by atoms with Crippen LogP contribution in [0.1, 0.15) is 24.7 Å². The summed E-state index contributed by atoms with van der Waals surface area (Å²) in [4.78, 5) is 28.0. The minimum absolute atomic E-state index is 0.107. The van der Waals surface area contributed by atoms with Crippen LogP contribution in [0.3, 0.4) is 0 Å². The van der Waals surface area contributed by atoms with Gasteiger partial charge in [0.2, 0.25) is 0 Å². The van der Waals surface area contributed by atoms with Crippen molar-refractivity contribution >= 4 is 32.5 Å². The van der Waals surface area contributed by atoms with Crippen LogP contribution in [-0.4, -0.2) is 14.5 Å². The van der Waals surface area contributed by atoms with Crippen molar-refractivity contribution in [1.29, 1.82) is 0 Å². The molecular formula is C18H16BrN3O3. The van der Waals surface area contributed by atoms with E-state index in [0.29, 0.717) is 24.3 Å². The van der Waals surface area contributed by atoms with Crippen LogP contribution in [0.5, 0.6) is 0 Å². The number of fused-ring (bicyclic) bond motifs is 1. The van der Waals surface area contributed by atoms with Crippen LogP contribution < -0.4 is 5.56 Å². The van der Waals surface area contributed by atoms with Crippen molar-refractivity contribution in [1.82, 2.24) is 9.55 Å². The zero-order chi connectivity index (χ0) is 18.0. The summed E-state index contributed by atoms with van der Waals surface area (Å²) in [5.41, 5.74) is 1.10. The number of nitrogens with zero attached hydrogens (tertiary/aromatic N) is 3. The normalized spacial score (nSPS) is 11.0. The maximum absolute atomic E-state index is 13.0. The predicted molar refractivity (Wildman–Crippen MR) is 99.9 cm³/mol. The van der Waals surface area contributed by atoms with Gasteiger partial charge < -0.3 is 0 Å². The van der Waals surface area contributed by atoms with Crippen LogP contribution in [0.15, 0.2) is 51.7 Å². The molecule has 0 saturated carbocycles. The number of halogens is 1. The van der Waals surface area contributed by atoms with E-state index >= 15 is 0 Å². The third-order valence-electron chi connectivity index (χ3n) is 3.96. The molecule has 1 aromatic heterocycles. The van der Waals surface area contributed by atoms with Crippen molar-refractivity contribution in [2.75, 3.05) is 0 Å². The fourth-order valence-corrected chi connectivity index (χ4v) is 2.98. The lowest BCUT2D eigenvalue weighted by Crippen LogP contribution is -2.26. The standard InChI is InChI=1S/C18H16BrN3O3/c1-2-3-17-20-16-9-8-14(22(24)25)10-15(16)18(23)21(17)11-12-4-6-13(19)7-5-12/h4-10H,2-3,11H2,1H3. The van der Waals surface area contributed by atoms with Gasteiger partial charge in [-0.05, 0) is 30.2 Å². The summed E-state index contributed by atoms with van der Waals surface area (Å²) < 4.78 is 2.57. The van der Waals surface area contributed by atoms with Gasteiger partial charge in [0.15, 0.2) is 0 Å². The molecule has 0 fully saturated rings. The Bertz CT molecular complexity index is 997. The molecule has 3 aromatic rings. The third kappa shape index (κ3) is 3.61. The van der Waals surface area contributed by atoms with E-state index in [2.05, 4.69) is 20.9 Å². The Morgan fingerprint density at radius 2 is 1.92 bits per heavy atom. The molecule has 1 heterocycles. The molecule has 6 nitrogen and oxygen atoms in total. The Kier molecular flexibility index (Phi) is 4.94. The molecule has 0 aliphatic heterocycles. The number of rotatable bonds is 5. The fourth-order valence-electron chi connectivity index (χ4n) is 2.72. The molecule has 0 amide bonds. The average molecular weight is 402 g/mol. The monoisotopic (exact) mass is 401 g/mol. The first-order valence-corrected chi connectivity index (χ1v) is 8.71. The molecule has 0 aliphatic rings. The van der Waals surface area contributed by atoms with Gasteiger partial charge in [-0.2, -0.15) is 0 Å². The van der Waals surface area contributed by atoms with E-state index in [9.17, 15) is 14.9 Å². The van der Waals surface area contributed by atoms with Crippen LogP contribution in [0.4, 0.5) is 5.69 Å². The van der Waals surface area contributed by atoms with Crippen molar-refractivity contribution in [3.8, 4) is 0 Å². The van der Waals surface area contributed by atoms with Gasteiger partial charge in [-0.3, -0.25) is 19.5 Å². The molecule has 0 N–H and O–H groups in total. The number of aromatic nitrogens is 2. The van der Waals surface area contributed by atoms with Crippen molar-refractivity contribution in [2.24, 2.45) is 0 Å². The molecule has 0 spiro atoms. The number of hydrogen-bond acceptors (Lipinski definition) is 4. The number of nitro benzene ring substituents is 1.